The largest absolute Gasteiger partial charge is 0.304 e. The Hall–Kier alpha value is -2.80. The fourth-order valence-electron chi connectivity index (χ4n) is 4.25. The van der Waals surface area contributed by atoms with E-state index in [1.807, 2.05) is 35.0 Å². The van der Waals surface area contributed by atoms with Crippen LogP contribution in [0.15, 0.2) is 54.6 Å². The van der Waals surface area contributed by atoms with Crippen LogP contribution >= 0.6 is 11.6 Å². The van der Waals surface area contributed by atoms with E-state index in [1.165, 1.54) is 5.56 Å². The van der Waals surface area contributed by atoms with E-state index in [-0.39, 0.29) is 0 Å². The highest BCUT2D eigenvalue weighted by Gasteiger charge is 2.22. The van der Waals surface area contributed by atoms with Gasteiger partial charge in [0.05, 0.1) is 17.0 Å². The van der Waals surface area contributed by atoms with E-state index in [0.29, 0.717) is 10.7 Å². The highest BCUT2D eigenvalue weighted by atomic mass is 35.5. The first-order valence-corrected chi connectivity index (χ1v) is 11.4. The molecule has 2 aromatic heterocycles. The number of aromatic nitrogens is 4. The van der Waals surface area contributed by atoms with Gasteiger partial charge in [0.2, 0.25) is 0 Å². The molecule has 4 aromatic rings. The van der Waals surface area contributed by atoms with Crippen LogP contribution < -0.4 is 0 Å². The second-order valence-corrected chi connectivity index (χ2v) is 8.89. The normalized spacial score (nSPS) is 15.5. The fraction of sp³-hybridized carbons (Fsp3) is 0.320. The zero-order valence-electron chi connectivity index (χ0n) is 18.5. The lowest BCUT2D eigenvalue weighted by Crippen LogP contribution is -2.45. The van der Waals surface area contributed by atoms with Gasteiger partial charge >= 0.3 is 0 Å². The van der Waals surface area contributed by atoms with Crippen LogP contribution in [-0.4, -0.2) is 69.5 Å². The zero-order chi connectivity index (χ0) is 22.1. The van der Waals surface area contributed by atoms with Gasteiger partial charge in [0.25, 0.3) is 0 Å². The van der Waals surface area contributed by atoms with Gasteiger partial charge in [0.15, 0.2) is 5.65 Å². The second-order valence-electron chi connectivity index (χ2n) is 8.51. The molecule has 0 spiro atoms. The van der Waals surface area contributed by atoms with E-state index in [9.17, 15) is 0 Å². The van der Waals surface area contributed by atoms with E-state index >= 15 is 0 Å². The molecule has 0 unspecified atom stereocenters. The SMILES string of the molecule is Cc1cccc(-c2nn(CCN3CCN(C)CC3)c3nnc(-c4ccccc4)c(Cl)c23)c1. The van der Waals surface area contributed by atoms with Crippen molar-refractivity contribution in [1.29, 1.82) is 0 Å². The third-order valence-corrected chi connectivity index (χ3v) is 6.53. The molecule has 0 saturated carbocycles. The summed E-state index contributed by atoms with van der Waals surface area (Å²) in [4.78, 5) is 4.85. The number of hydrogen-bond acceptors (Lipinski definition) is 5. The Morgan fingerprint density at radius 2 is 1.59 bits per heavy atom. The minimum atomic E-state index is 0.601. The maximum atomic E-state index is 6.98. The molecular formula is C25H27ClN6. The van der Waals surface area contributed by atoms with Crippen LogP contribution in [0.1, 0.15) is 5.56 Å². The van der Waals surface area contributed by atoms with E-state index in [2.05, 4.69) is 58.2 Å². The fourth-order valence-corrected chi connectivity index (χ4v) is 4.58. The van der Waals surface area contributed by atoms with Gasteiger partial charge in [0, 0.05) is 43.9 Å². The Morgan fingerprint density at radius 1 is 0.844 bits per heavy atom. The Balaban J connectivity index is 1.58. The van der Waals surface area contributed by atoms with Crippen molar-refractivity contribution in [2.45, 2.75) is 13.5 Å². The van der Waals surface area contributed by atoms with Gasteiger partial charge in [-0.05, 0) is 20.0 Å². The lowest BCUT2D eigenvalue weighted by Gasteiger charge is -2.32. The third-order valence-electron chi connectivity index (χ3n) is 6.16. The monoisotopic (exact) mass is 446 g/mol. The molecular weight excluding hydrogens is 420 g/mol. The van der Waals surface area contributed by atoms with Gasteiger partial charge in [-0.25, -0.2) is 4.68 Å². The molecule has 5 rings (SSSR count). The van der Waals surface area contributed by atoms with Crippen molar-refractivity contribution in [3.8, 4) is 22.5 Å². The number of nitrogens with zero attached hydrogens (tertiary/aromatic N) is 6. The standard InChI is InChI=1S/C25H27ClN6/c1-18-7-6-10-20(17-18)23-21-22(26)24(19-8-4-3-5-9-19)27-28-25(21)32(29-23)16-15-31-13-11-30(2)12-14-31/h3-10,17H,11-16H2,1-2H3. The van der Waals surface area contributed by atoms with Gasteiger partial charge in [-0.1, -0.05) is 65.7 Å². The average Bonchev–Trinajstić information content (AvgIpc) is 3.19. The molecule has 1 fully saturated rings. The Kier molecular flexibility index (Phi) is 5.91. The number of hydrogen-bond donors (Lipinski definition) is 0. The summed E-state index contributed by atoms with van der Waals surface area (Å²) in [6.45, 7) is 8.11. The first kappa shape index (κ1) is 21.1. The molecule has 1 aliphatic heterocycles. The molecule has 3 heterocycles. The topological polar surface area (TPSA) is 50.1 Å². The van der Waals surface area contributed by atoms with E-state index in [1.54, 1.807) is 0 Å². The highest BCUT2D eigenvalue weighted by Crippen LogP contribution is 2.37. The molecule has 1 saturated heterocycles. The van der Waals surface area contributed by atoms with Gasteiger partial charge in [-0.15, -0.1) is 10.2 Å². The van der Waals surface area contributed by atoms with E-state index in [0.717, 1.165) is 67.1 Å². The Labute approximate surface area is 193 Å². The molecule has 6 nitrogen and oxygen atoms in total. The maximum Gasteiger partial charge on any atom is 0.182 e. The van der Waals surface area contributed by atoms with Crippen molar-refractivity contribution < 1.29 is 0 Å². The van der Waals surface area contributed by atoms with Gasteiger partial charge in [-0.2, -0.15) is 5.10 Å². The van der Waals surface area contributed by atoms with Crippen molar-refractivity contribution in [3.63, 3.8) is 0 Å². The van der Waals surface area contributed by atoms with Crippen LogP contribution in [0.2, 0.25) is 5.02 Å². The number of fused-ring (bicyclic) bond motifs is 1. The number of halogens is 1. The number of likely N-dealkylation sites (N-methyl/N-ethyl adjacent to an activating group) is 1. The summed E-state index contributed by atoms with van der Waals surface area (Å²) in [7, 11) is 2.17. The van der Waals surface area contributed by atoms with Crippen LogP contribution in [0, 0.1) is 6.92 Å². The summed E-state index contributed by atoms with van der Waals surface area (Å²) < 4.78 is 1.97. The molecule has 0 amide bonds. The van der Waals surface area contributed by atoms with Crippen LogP contribution in [-0.2, 0) is 6.54 Å². The molecule has 0 atom stereocenters. The summed E-state index contributed by atoms with van der Waals surface area (Å²) in [5, 5.41) is 15.6. The molecule has 0 radical (unpaired) electrons. The minimum absolute atomic E-state index is 0.601. The molecule has 164 valence electrons. The van der Waals surface area contributed by atoms with Crippen LogP contribution in [0.5, 0.6) is 0 Å². The minimum Gasteiger partial charge on any atom is -0.304 e. The summed E-state index contributed by atoms with van der Waals surface area (Å²) in [6, 6.07) is 18.3. The van der Waals surface area contributed by atoms with Crippen molar-refractivity contribution in [2.24, 2.45) is 0 Å². The summed E-state index contributed by atoms with van der Waals surface area (Å²) in [5.41, 5.74) is 5.46. The summed E-state index contributed by atoms with van der Waals surface area (Å²) >= 11 is 6.98. The molecule has 1 aliphatic rings. The molecule has 0 aliphatic carbocycles. The van der Waals surface area contributed by atoms with Crippen LogP contribution in [0.3, 0.4) is 0 Å². The van der Waals surface area contributed by atoms with Crippen molar-refractivity contribution in [2.75, 3.05) is 39.8 Å². The van der Waals surface area contributed by atoms with E-state index < -0.39 is 0 Å². The van der Waals surface area contributed by atoms with Crippen molar-refractivity contribution >= 4 is 22.6 Å². The zero-order valence-corrected chi connectivity index (χ0v) is 19.3. The quantitative estimate of drug-likeness (QED) is 0.455. The van der Waals surface area contributed by atoms with Crippen LogP contribution in [0.4, 0.5) is 0 Å². The number of rotatable bonds is 5. The molecule has 2 aromatic carbocycles. The first-order valence-electron chi connectivity index (χ1n) is 11.1. The number of aryl methyl sites for hydroxylation is 1. The van der Waals surface area contributed by atoms with E-state index in [4.69, 9.17) is 16.7 Å². The first-order chi connectivity index (χ1) is 15.6. The van der Waals surface area contributed by atoms with Gasteiger partial charge < -0.3 is 4.90 Å². The molecule has 0 N–H and O–H groups in total. The van der Waals surface area contributed by atoms with Crippen LogP contribution in [0.25, 0.3) is 33.5 Å². The summed E-state index contributed by atoms with van der Waals surface area (Å²) in [6.07, 6.45) is 0. The third kappa shape index (κ3) is 4.13. The number of benzene rings is 2. The predicted molar refractivity (Wildman–Crippen MR) is 130 cm³/mol. The number of piperazine rings is 1. The lowest BCUT2D eigenvalue weighted by atomic mass is 10.1. The highest BCUT2D eigenvalue weighted by molar-refractivity contribution is 6.38. The molecule has 32 heavy (non-hydrogen) atoms. The predicted octanol–water partition coefficient (Wildman–Crippen LogP) is 4.37. The van der Waals surface area contributed by atoms with Crippen molar-refractivity contribution in [1.82, 2.24) is 29.8 Å². The lowest BCUT2D eigenvalue weighted by molar-refractivity contribution is 0.149. The smallest absolute Gasteiger partial charge is 0.182 e. The second kappa shape index (κ2) is 8.98. The Bertz CT molecular complexity index is 1230. The summed E-state index contributed by atoms with van der Waals surface area (Å²) in [5.74, 6) is 0. The average molecular weight is 447 g/mol. The molecule has 7 heteroatoms. The van der Waals surface area contributed by atoms with Gasteiger partial charge in [-0.3, -0.25) is 4.90 Å². The Morgan fingerprint density at radius 3 is 2.34 bits per heavy atom. The van der Waals surface area contributed by atoms with Crippen molar-refractivity contribution in [3.05, 3.63) is 65.2 Å². The molecule has 0 bridgehead atoms. The maximum absolute atomic E-state index is 6.98. The van der Waals surface area contributed by atoms with Gasteiger partial charge in [0.1, 0.15) is 11.4 Å².